The van der Waals surface area contributed by atoms with Crippen LogP contribution in [-0.4, -0.2) is 18.5 Å². The highest BCUT2D eigenvalue weighted by molar-refractivity contribution is 9.10. The molecule has 1 aromatic carbocycles. The van der Waals surface area contributed by atoms with Gasteiger partial charge in [0.15, 0.2) is 0 Å². The maximum Gasteiger partial charge on any atom is 0.241 e. The highest BCUT2D eigenvalue weighted by Crippen LogP contribution is 2.26. The first-order valence-electron chi connectivity index (χ1n) is 6.16. The van der Waals surface area contributed by atoms with E-state index in [2.05, 4.69) is 26.6 Å². The van der Waals surface area contributed by atoms with Crippen LogP contribution < -0.4 is 10.6 Å². The van der Waals surface area contributed by atoms with Crippen molar-refractivity contribution in [1.29, 1.82) is 0 Å². The molecule has 0 aromatic heterocycles. The Morgan fingerprint density at radius 2 is 2.22 bits per heavy atom. The van der Waals surface area contributed by atoms with Gasteiger partial charge in [-0.15, -0.1) is 0 Å². The lowest BCUT2D eigenvalue weighted by atomic mass is 10.1. The topological polar surface area (TPSA) is 41.1 Å². The molecular weight excluding hydrogens is 316 g/mol. The van der Waals surface area contributed by atoms with Crippen molar-refractivity contribution in [2.24, 2.45) is 0 Å². The van der Waals surface area contributed by atoms with Crippen molar-refractivity contribution in [3.63, 3.8) is 0 Å². The molecular formula is C13H16BrClN2O. The molecule has 1 fully saturated rings. The van der Waals surface area contributed by atoms with Crippen LogP contribution in [0.5, 0.6) is 0 Å². The Kier molecular flexibility index (Phi) is 5.03. The maximum atomic E-state index is 12.1. The molecule has 3 nitrogen and oxygen atoms in total. The third-order valence-electron chi connectivity index (χ3n) is 3.06. The Morgan fingerprint density at radius 3 is 3.06 bits per heavy atom. The number of carbonyl (C=O) groups is 1. The molecule has 98 valence electrons. The van der Waals surface area contributed by atoms with Crippen LogP contribution in [0.3, 0.4) is 0 Å². The van der Waals surface area contributed by atoms with Crippen LogP contribution in [-0.2, 0) is 4.79 Å². The van der Waals surface area contributed by atoms with Crippen LogP contribution >= 0.6 is 27.5 Å². The Labute approximate surface area is 120 Å². The number of nitrogens with one attached hydrogen (secondary N) is 2. The predicted octanol–water partition coefficient (Wildman–Crippen LogP) is 3.57. The molecule has 0 spiro atoms. The maximum absolute atomic E-state index is 12.1. The van der Waals surface area contributed by atoms with Crippen molar-refractivity contribution in [2.45, 2.75) is 31.7 Å². The summed E-state index contributed by atoms with van der Waals surface area (Å²) in [6.45, 7) is 0.907. The summed E-state index contributed by atoms with van der Waals surface area (Å²) in [4.78, 5) is 12.1. The van der Waals surface area contributed by atoms with Crippen molar-refractivity contribution < 1.29 is 4.79 Å². The molecule has 0 saturated carbocycles. The Hall–Kier alpha value is -0.580. The van der Waals surface area contributed by atoms with E-state index in [1.807, 2.05) is 12.1 Å². The van der Waals surface area contributed by atoms with E-state index < -0.39 is 0 Å². The molecule has 18 heavy (non-hydrogen) atoms. The van der Waals surface area contributed by atoms with Crippen LogP contribution in [0.4, 0.5) is 5.69 Å². The Morgan fingerprint density at radius 1 is 1.39 bits per heavy atom. The lowest BCUT2D eigenvalue weighted by molar-refractivity contribution is -0.118. The number of benzene rings is 1. The largest absolute Gasteiger partial charge is 0.323 e. The van der Waals surface area contributed by atoms with E-state index in [0.717, 1.165) is 30.3 Å². The highest BCUT2D eigenvalue weighted by Gasteiger charge is 2.20. The van der Waals surface area contributed by atoms with Crippen molar-refractivity contribution in [2.75, 3.05) is 11.9 Å². The normalized spacial score (nSPS) is 20.2. The molecule has 1 aliphatic rings. The summed E-state index contributed by atoms with van der Waals surface area (Å²) >= 11 is 9.42. The van der Waals surface area contributed by atoms with Gasteiger partial charge in [-0.2, -0.15) is 0 Å². The zero-order chi connectivity index (χ0) is 13.0. The van der Waals surface area contributed by atoms with Gasteiger partial charge in [-0.25, -0.2) is 0 Å². The third-order valence-corrected chi connectivity index (χ3v) is 3.89. The van der Waals surface area contributed by atoms with Gasteiger partial charge in [0.1, 0.15) is 0 Å². The van der Waals surface area contributed by atoms with Gasteiger partial charge in [0.05, 0.1) is 16.8 Å². The summed E-state index contributed by atoms with van der Waals surface area (Å²) < 4.78 is 0.899. The first-order valence-corrected chi connectivity index (χ1v) is 7.33. The fourth-order valence-corrected chi connectivity index (χ4v) is 2.59. The van der Waals surface area contributed by atoms with Gasteiger partial charge in [0, 0.05) is 4.47 Å². The Balaban J connectivity index is 2.03. The highest BCUT2D eigenvalue weighted by atomic mass is 79.9. The molecule has 0 aliphatic carbocycles. The van der Waals surface area contributed by atoms with Crippen molar-refractivity contribution >= 4 is 39.1 Å². The van der Waals surface area contributed by atoms with Crippen LogP contribution in [0, 0.1) is 0 Å². The summed E-state index contributed by atoms with van der Waals surface area (Å²) in [5, 5.41) is 6.71. The first kappa shape index (κ1) is 13.8. The molecule has 5 heteroatoms. The minimum Gasteiger partial charge on any atom is -0.323 e. The SMILES string of the molecule is O=C(Nc1cc(Br)ccc1Cl)C1CCCCCN1. The summed E-state index contributed by atoms with van der Waals surface area (Å²) in [5.74, 6) is -0.00287. The van der Waals surface area contributed by atoms with Gasteiger partial charge in [0.25, 0.3) is 0 Å². The summed E-state index contributed by atoms with van der Waals surface area (Å²) in [5.41, 5.74) is 0.655. The van der Waals surface area contributed by atoms with E-state index in [9.17, 15) is 4.79 Å². The molecule has 1 unspecified atom stereocenters. The average molecular weight is 332 g/mol. The van der Waals surface area contributed by atoms with E-state index in [4.69, 9.17) is 11.6 Å². The molecule has 1 atom stereocenters. The van der Waals surface area contributed by atoms with Crippen LogP contribution in [0.1, 0.15) is 25.7 Å². The van der Waals surface area contributed by atoms with Crippen LogP contribution in [0.25, 0.3) is 0 Å². The molecule has 2 N–H and O–H groups in total. The number of rotatable bonds is 2. The van der Waals surface area contributed by atoms with Gasteiger partial charge in [0.2, 0.25) is 5.91 Å². The molecule has 1 amide bonds. The second kappa shape index (κ2) is 6.55. The molecule has 1 heterocycles. The molecule has 1 aliphatic heterocycles. The number of hydrogen-bond acceptors (Lipinski definition) is 2. The molecule has 1 saturated heterocycles. The number of anilines is 1. The molecule has 0 radical (unpaired) electrons. The zero-order valence-corrected chi connectivity index (χ0v) is 12.4. The van der Waals surface area contributed by atoms with Gasteiger partial charge in [-0.1, -0.05) is 40.4 Å². The number of halogens is 2. The van der Waals surface area contributed by atoms with Crippen molar-refractivity contribution in [1.82, 2.24) is 5.32 Å². The van der Waals surface area contributed by atoms with E-state index in [1.165, 1.54) is 6.42 Å². The van der Waals surface area contributed by atoms with Gasteiger partial charge < -0.3 is 10.6 Å². The summed E-state index contributed by atoms with van der Waals surface area (Å²) in [6.07, 6.45) is 4.31. The standard InChI is InChI=1S/C13H16BrClN2O/c14-9-5-6-10(15)12(8-9)17-13(18)11-4-2-1-3-7-16-11/h5-6,8,11,16H,1-4,7H2,(H,17,18). The van der Waals surface area contributed by atoms with Gasteiger partial charge in [-0.3, -0.25) is 4.79 Å². The number of amides is 1. The van der Waals surface area contributed by atoms with Crippen LogP contribution in [0.2, 0.25) is 5.02 Å². The zero-order valence-electron chi connectivity index (χ0n) is 10.0. The number of carbonyl (C=O) groups excluding carboxylic acids is 1. The van der Waals surface area contributed by atoms with Gasteiger partial charge >= 0.3 is 0 Å². The van der Waals surface area contributed by atoms with Gasteiger partial charge in [-0.05, 0) is 37.6 Å². The minimum absolute atomic E-state index is 0.00287. The lowest BCUT2D eigenvalue weighted by Crippen LogP contribution is -2.39. The summed E-state index contributed by atoms with van der Waals surface area (Å²) in [6, 6.07) is 5.32. The van der Waals surface area contributed by atoms with E-state index >= 15 is 0 Å². The molecule has 1 aromatic rings. The summed E-state index contributed by atoms with van der Waals surface area (Å²) in [7, 11) is 0. The fraction of sp³-hybridized carbons (Fsp3) is 0.462. The lowest BCUT2D eigenvalue weighted by Gasteiger charge is -2.16. The Bertz CT molecular complexity index is 431. The monoisotopic (exact) mass is 330 g/mol. The quantitative estimate of drug-likeness (QED) is 0.870. The number of hydrogen-bond donors (Lipinski definition) is 2. The van der Waals surface area contributed by atoms with E-state index in [1.54, 1.807) is 6.07 Å². The first-order chi connectivity index (χ1) is 8.66. The van der Waals surface area contributed by atoms with Crippen molar-refractivity contribution in [3.05, 3.63) is 27.7 Å². The third kappa shape index (κ3) is 3.70. The second-order valence-electron chi connectivity index (χ2n) is 4.47. The van der Waals surface area contributed by atoms with Crippen molar-refractivity contribution in [3.8, 4) is 0 Å². The van der Waals surface area contributed by atoms with E-state index in [0.29, 0.717) is 10.7 Å². The second-order valence-corrected chi connectivity index (χ2v) is 5.79. The fourth-order valence-electron chi connectivity index (χ4n) is 2.07. The minimum atomic E-state index is -0.109. The molecule has 0 bridgehead atoms. The van der Waals surface area contributed by atoms with Crippen LogP contribution in [0.15, 0.2) is 22.7 Å². The smallest absolute Gasteiger partial charge is 0.241 e. The molecule has 2 rings (SSSR count). The average Bonchev–Trinajstić information content (AvgIpc) is 2.62. The van der Waals surface area contributed by atoms with E-state index in [-0.39, 0.29) is 11.9 Å². The predicted molar refractivity (Wildman–Crippen MR) is 78.0 cm³/mol.